The van der Waals surface area contributed by atoms with Crippen molar-refractivity contribution in [2.45, 2.75) is 52.1 Å². The molecule has 0 aromatic carbocycles. The average molecular weight is 276 g/mol. The number of rotatable bonds is 4. The predicted octanol–water partition coefficient (Wildman–Crippen LogP) is 2.98. The van der Waals surface area contributed by atoms with Crippen LogP contribution in [0.2, 0.25) is 0 Å². The van der Waals surface area contributed by atoms with Gasteiger partial charge in [-0.3, -0.25) is 4.79 Å². The number of pyridine rings is 1. The Balaban J connectivity index is 1.93. The van der Waals surface area contributed by atoms with Gasteiger partial charge in [0, 0.05) is 45.1 Å². The molecule has 1 aliphatic heterocycles. The lowest BCUT2D eigenvalue weighted by molar-refractivity contribution is -0.130. The molecule has 1 aliphatic rings. The summed E-state index contributed by atoms with van der Waals surface area (Å²) in [5.41, 5.74) is 1.28. The van der Waals surface area contributed by atoms with Crippen LogP contribution in [0.15, 0.2) is 18.3 Å². The number of aromatic nitrogens is 1. The molecule has 1 amide bonds. The highest BCUT2D eigenvalue weighted by Gasteiger charge is 2.22. The molecule has 2 rings (SSSR count). The molecule has 1 aromatic heterocycles. The third kappa shape index (κ3) is 3.71. The number of hydrogen-bond acceptors (Lipinski definition) is 3. The van der Waals surface area contributed by atoms with E-state index in [-0.39, 0.29) is 12.0 Å². The number of amides is 1. The minimum atomic E-state index is 0.153. The zero-order valence-electron chi connectivity index (χ0n) is 12.6. The normalized spacial score (nSPS) is 17.9. The first-order valence-electron chi connectivity index (χ1n) is 7.48. The second-order valence-electron chi connectivity index (χ2n) is 5.56. The minimum Gasteiger partial charge on any atom is -0.474 e. The van der Waals surface area contributed by atoms with Crippen LogP contribution in [0.5, 0.6) is 5.88 Å². The van der Waals surface area contributed by atoms with Crippen LogP contribution in [0.3, 0.4) is 0 Å². The molecule has 0 bridgehead atoms. The third-order valence-corrected chi connectivity index (χ3v) is 4.12. The van der Waals surface area contributed by atoms with Crippen molar-refractivity contribution in [3.05, 3.63) is 23.9 Å². The number of nitrogens with zero attached hydrogens (tertiary/aromatic N) is 2. The third-order valence-electron chi connectivity index (χ3n) is 4.12. The van der Waals surface area contributed by atoms with Gasteiger partial charge in [-0.25, -0.2) is 4.98 Å². The zero-order chi connectivity index (χ0) is 14.5. The Kier molecular flexibility index (Phi) is 4.99. The summed E-state index contributed by atoms with van der Waals surface area (Å²) in [7, 11) is 0. The predicted molar refractivity (Wildman–Crippen MR) is 78.8 cm³/mol. The molecular formula is C16H24N2O2. The van der Waals surface area contributed by atoms with Crippen LogP contribution < -0.4 is 4.74 Å². The molecule has 0 radical (unpaired) electrons. The Bertz CT molecular complexity index is 454. The van der Waals surface area contributed by atoms with Crippen LogP contribution in [-0.2, 0) is 4.79 Å². The van der Waals surface area contributed by atoms with Crippen LogP contribution in [0.1, 0.15) is 51.5 Å². The Morgan fingerprint density at radius 1 is 1.50 bits per heavy atom. The van der Waals surface area contributed by atoms with Gasteiger partial charge in [0.15, 0.2) is 0 Å². The first-order chi connectivity index (χ1) is 9.60. The van der Waals surface area contributed by atoms with E-state index in [1.54, 1.807) is 6.92 Å². The van der Waals surface area contributed by atoms with Crippen molar-refractivity contribution in [2.24, 2.45) is 0 Å². The molecule has 4 nitrogen and oxygen atoms in total. The maximum absolute atomic E-state index is 11.3. The SMILES string of the molecule is CCC(C)c1ccnc(OC2CCN(C(C)=O)CC2)c1. The Morgan fingerprint density at radius 3 is 2.80 bits per heavy atom. The van der Waals surface area contributed by atoms with Crippen LogP contribution >= 0.6 is 0 Å². The Hall–Kier alpha value is -1.58. The molecule has 0 N–H and O–H groups in total. The molecule has 1 atom stereocenters. The summed E-state index contributed by atoms with van der Waals surface area (Å²) >= 11 is 0. The van der Waals surface area contributed by atoms with E-state index in [9.17, 15) is 4.79 Å². The van der Waals surface area contributed by atoms with Gasteiger partial charge in [0.05, 0.1) is 0 Å². The first kappa shape index (κ1) is 14.8. The lowest BCUT2D eigenvalue weighted by Crippen LogP contribution is -2.40. The number of likely N-dealkylation sites (tertiary alicyclic amines) is 1. The van der Waals surface area contributed by atoms with Gasteiger partial charge in [-0.1, -0.05) is 13.8 Å². The van der Waals surface area contributed by atoms with Crippen molar-refractivity contribution in [3.8, 4) is 5.88 Å². The second-order valence-corrected chi connectivity index (χ2v) is 5.56. The number of hydrogen-bond donors (Lipinski definition) is 0. The molecule has 1 saturated heterocycles. The molecule has 0 saturated carbocycles. The molecule has 1 aromatic rings. The van der Waals surface area contributed by atoms with Crippen LogP contribution in [0.4, 0.5) is 0 Å². The first-order valence-corrected chi connectivity index (χ1v) is 7.48. The van der Waals surface area contributed by atoms with E-state index < -0.39 is 0 Å². The maximum atomic E-state index is 11.3. The molecule has 20 heavy (non-hydrogen) atoms. The van der Waals surface area contributed by atoms with Gasteiger partial charge in [-0.05, 0) is 24.0 Å². The molecule has 1 fully saturated rings. The molecular weight excluding hydrogens is 252 g/mol. The van der Waals surface area contributed by atoms with Gasteiger partial charge in [-0.15, -0.1) is 0 Å². The fourth-order valence-electron chi connectivity index (χ4n) is 2.49. The number of carbonyl (C=O) groups is 1. The lowest BCUT2D eigenvalue weighted by Gasteiger charge is -2.31. The second kappa shape index (κ2) is 6.73. The summed E-state index contributed by atoms with van der Waals surface area (Å²) in [4.78, 5) is 17.5. The highest BCUT2D eigenvalue weighted by Crippen LogP contribution is 2.23. The monoisotopic (exact) mass is 276 g/mol. The lowest BCUT2D eigenvalue weighted by atomic mass is 10.00. The Labute approximate surface area is 121 Å². The zero-order valence-corrected chi connectivity index (χ0v) is 12.6. The summed E-state index contributed by atoms with van der Waals surface area (Å²) in [5, 5.41) is 0. The molecule has 0 spiro atoms. The van der Waals surface area contributed by atoms with E-state index in [2.05, 4.69) is 24.9 Å². The van der Waals surface area contributed by atoms with Crippen molar-refractivity contribution in [2.75, 3.05) is 13.1 Å². The fourth-order valence-corrected chi connectivity index (χ4v) is 2.49. The summed E-state index contributed by atoms with van der Waals surface area (Å²) in [6, 6.07) is 4.10. The van der Waals surface area contributed by atoms with Gasteiger partial charge < -0.3 is 9.64 Å². The summed E-state index contributed by atoms with van der Waals surface area (Å²) in [6.45, 7) is 7.59. The van der Waals surface area contributed by atoms with Gasteiger partial charge >= 0.3 is 0 Å². The van der Waals surface area contributed by atoms with Crippen LogP contribution in [0, 0.1) is 0 Å². The summed E-state index contributed by atoms with van der Waals surface area (Å²) in [6.07, 6.45) is 4.87. The van der Waals surface area contributed by atoms with Crippen molar-refractivity contribution in [1.29, 1.82) is 0 Å². The topological polar surface area (TPSA) is 42.4 Å². The van der Waals surface area contributed by atoms with Gasteiger partial charge in [0.25, 0.3) is 0 Å². The van der Waals surface area contributed by atoms with Crippen molar-refractivity contribution >= 4 is 5.91 Å². The van der Waals surface area contributed by atoms with Crippen LogP contribution in [0.25, 0.3) is 0 Å². The van der Waals surface area contributed by atoms with Crippen LogP contribution in [-0.4, -0.2) is 35.0 Å². The highest BCUT2D eigenvalue weighted by atomic mass is 16.5. The van der Waals surface area contributed by atoms with E-state index in [0.717, 1.165) is 32.4 Å². The number of ether oxygens (including phenoxy) is 1. The molecule has 2 heterocycles. The van der Waals surface area contributed by atoms with Gasteiger partial charge in [-0.2, -0.15) is 0 Å². The van der Waals surface area contributed by atoms with Crippen molar-refractivity contribution in [1.82, 2.24) is 9.88 Å². The number of carbonyl (C=O) groups excluding carboxylic acids is 1. The van der Waals surface area contributed by atoms with E-state index in [1.165, 1.54) is 5.56 Å². The quantitative estimate of drug-likeness (QED) is 0.849. The fraction of sp³-hybridized carbons (Fsp3) is 0.625. The van der Waals surface area contributed by atoms with Gasteiger partial charge in [0.1, 0.15) is 6.10 Å². The molecule has 110 valence electrons. The maximum Gasteiger partial charge on any atom is 0.219 e. The van der Waals surface area contributed by atoms with Gasteiger partial charge in [0.2, 0.25) is 11.8 Å². The molecule has 1 unspecified atom stereocenters. The average Bonchev–Trinajstić information content (AvgIpc) is 2.47. The van der Waals surface area contributed by atoms with E-state index in [1.807, 2.05) is 17.2 Å². The molecule has 0 aliphatic carbocycles. The smallest absolute Gasteiger partial charge is 0.219 e. The highest BCUT2D eigenvalue weighted by molar-refractivity contribution is 5.73. The van der Waals surface area contributed by atoms with E-state index >= 15 is 0 Å². The standard InChI is InChI=1S/C16H24N2O2/c1-4-12(2)14-5-8-17-16(11-14)20-15-6-9-18(10-7-15)13(3)19/h5,8,11-12,15H,4,6-7,9-10H2,1-3H3. The minimum absolute atomic E-state index is 0.153. The van der Waals surface area contributed by atoms with E-state index in [4.69, 9.17) is 4.74 Å². The Morgan fingerprint density at radius 2 is 2.20 bits per heavy atom. The van der Waals surface area contributed by atoms with E-state index in [0.29, 0.717) is 11.8 Å². The van der Waals surface area contributed by atoms with Crippen molar-refractivity contribution < 1.29 is 9.53 Å². The largest absolute Gasteiger partial charge is 0.474 e. The summed E-state index contributed by atoms with van der Waals surface area (Å²) < 4.78 is 5.97. The number of piperidine rings is 1. The summed E-state index contributed by atoms with van der Waals surface area (Å²) in [5.74, 6) is 1.39. The molecule has 4 heteroatoms. The van der Waals surface area contributed by atoms with Crippen molar-refractivity contribution in [3.63, 3.8) is 0 Å².